The van der Waals surface area contributed by atoms with Crippen LogP contribution in [-0.2, 0) is 4.79 Å². The minimum absolute atomic E-state index is 0.0386. The van der Waals surface area contributed by atoms with Crippen molar-refractivity contribution in [3.05, 3.63) is 0 Å². The summed E-state index contributed by atoms with van der Waals surface area (Å²) in [5.74, 6) is -1.26. The normalized spacial score (nSPS) is 26.6. The van der Waals surface area contributed by atoms with Crippen molar-refractivity contribution in [3.63, 3.8) is 0 Å². The predicted octanol–water partition coefficient (Wildman–Crippen LogP) is 0.0576. The van der Waals surface area contributed by atoms with E-state index in [1.807, 2.05) is 4.90 Å². The van der Waals surface area contributed by atoms with Crippen molar-refractivity contribution in [3.8, 4) is 6.07 Å². The molecule has 0 spiro atoms. The summed E-state index contributed by atoms with van der Waals surface area (Å²) in [6.45, 7) is 2.67. The number of likely N-dealkylation sites (tertiary alicyclic amines) is 1. The molecular formula is C10H16N2O3. The largest absolute Gasteiger partial charge is 0.479 e. The molecule has 0 radical (unpaired) electrons. The fourth-order valence-corrected chi connectivity index (χ4v) is 1.81. The van der Waals surface area contributed by atoms with Crippen molar-refractivity contribution in [2.75, 3.05) is 19.6 Å². The van der Waals surface area contributed by atoms with Gasteiger partial charge >= 0.3 is 5.97 Å². The molecule has 0 aliphatic carbocycles. The summed E-state index contributed by atoms with van der Waals surface area (Å²) >= 11 is 0. The van der Waals surface area contributed by atoms with Gasteiger partial charge in [-0.15, -0.1) is 0 Å². The maximum absolute atomic E-state index is 10.7. The van der Waals surface area contributed by atoms with Crippen LogP contribution in [0.1, 0.15) is 19.8 Å². The van der Waals surface area contributed by atoms with Crippen LogP contribution in [-0.4, -0.2) is 46.3 Å². The van der Waals surface area contributed by atoms with Crippen LogP contribution in [0.5, 0.6) is 0 Å². The van der Waals surface area contributed by atoms with Gasteiger partial charge in [0.25, 0.3) is 0 Å². The zero-order valence-electron chi connectivity index (χ0n) is 8.81. The van der Waals surface area contributed by atoms with Gasteiger partial charge in [-0.3, -0.25) is 4.90 Å². The minimum atomic E-state index is -1.72. The van der Waals surface area contributed by atoms with Crippen LogP contribution in [0.25, 0.3) is 0 Å². The SMILES string of the molecule is CC(O)(CN1CCCC(C#N)C1)C(=O)O. The number of rotatable bonds is 3. The van der Waals surface area contributed by atoms with Crippen LogP contribution in [0.3, 0.4) is 0 Å². The summed E-state index contributed by atoms with van der Waals surface area (Å²) in [5, 5.41) is 27.1. The lowest BCUT2D eigenvalue weighted by atomic mass is 9.97. The van der Waals surface area contributed by atoms with Crippen molar-refractivity contribution in [1.29, 1.82) is 5.26 Å². The standard InChI is InChI=1S/C10H16N2O3/c1-10(15,9(13)14)7-12-4-2-3-8(5-11)6-12/h8,15H,2-4,6-7H2,1H3,(H,13,14). The molecular weight excluding hydrogens is 196 g/mol. The molecule has 84 valence electrons. The molecule has 2 atom stereocenters. The third-order valence-corrected chi connectivity index (χ3v) is 2.68. The van der Waals surface area contributed by atoms with E-state index in [0.717, 1.165) is 19.4 Å². The quantitative estimate of drug-likeness (QED) is 0.691. The van der Waals surface area contributed by atoms with Crippen LogP contribution in [0.2, 0.25) is 0 Å². The van der Waals surface area contributed by atoms with E-state index in [2.05, 4.69) is 6.07 Å². The molecule has 0 aromatic rings. The molecule has 5 heteroatoms. The number of β-amino-alcohol motifs (C(OH)–C–C–N with tert-alkyl or cyclic N) is 1. The average molecular weight is 212 g/mol. The Kier molecular flexibility index (Phi) is 3.66. The molecule has 1 saturated heterocycles. The van der Waals surface area contributed by atoms with E-state index in [4.69, 9.17) is 10.4 Å². The number of carboxylic acid groups (broad SMARTS) is 1. The monoisotopic (exact) mass is 212 g/mol. The van der Waals surface area contributed by atoms with Gasteiger partial charge in [0, 0.05) is 13.1 Å². The number of hydrogen-bond acceptors (Lipinski definition) is 4. The van der Waals surface area contributed by atoms with E-state index in [1.165, 1.54) is 6.92 Å². The van der Waals surface area contributed by atoms with E-state index in [9.17, 15) is 9.90 Å². The minimum Gasteiger partial charge on any atom is -0.479 e. The number of nitriles is 1. The van der Waals surface area contributed by atoms with Gasteiger partial charge in [0.1, 0.15) is 0 Å². The highest BCUT2D eigenvalue weighted by molar-refractivity contribution is 5.76. The number of nitrogens with zero attached hydrogens (tertiary/aromatic N) is 2. The van der Waals surface area contributed by atoms with Crippen LogP contribution in [0, 0.1) is 17.2 Å². The Balaban J connectivity index is 2.52. The van der Waals surface area contributed by atoms with Crippen LogP contribution in [0.15, 0.2) is 0 Å². The molecule has 0 aromatic carbocycles. The van der Waals surface area contributed by atoms with Crippen molar-refractivity contribution >= 4 is 5.97 Å². The lowest BCUT2D eigenvalue weighted by molar-refractivity contribution is -0.158. The van der Waals surface area contributed by atoms with Gasteiger partial charge < -0.3 is 10.2 Å². The van der Waals surface area contributed by atoms with Gasteiger partial charge in [-0.05, 0) is 26.3 Å². The lowest BCUT2D eigenvalue weighted by Gasteiger charge is -2.33. The highest BCUT2D eigenvalue weighted by Crippen LogP contribution is 2.18. The zero-order chi connectivity index (χ0) is 11.5. The highest BCUT2D eigenvalue weighted by atomic mass is 16.4. The molecule has 0 aromatic heterocycles. The number of piperidine rings is 1. The first-order valence-corrected chi connectivity index (χ1v) is 5.03. The summed E-state index contributed by atoms with van der Waals surface area (Å²) in [6.07, 6.45) is 1.75. The molecule has 1 heterocycles. The van der Waals surface area contributed by atoms with Crippen LogP contribution < -0.4 is 0 Å². The van der Waals surface area contributed by atoms with Crippen molar-refractivity contribution in [2.24, 2.45) is 5.92 Å². The summed E-state index contributed by atoms with van der Waals surface area (Å²) in [5.41, 5.74) is -1.72. The van der Waals surface area contributed by atoms with Crippen molar-refractivity contribution in [1.82, 2.24) is 4.90 Å². The Morgan fingerprint density at radius 3 is 2.93 bits per heavy atom. The maximum Gasteiger partial charge on any atom is 0.336 e. The third kappa shape index (κ3) is 3.18. The number of hydrogen-bond donors (Lipinski definition) is 2. The van der Waals surface area contributed by atoms with E-state index in [-0.39, 0.29) is 12.5 Å². The maximum atomic E-state index is 10.7. The first kappa shape index (κ1) is 12.0. The summed E-state index contributed by atoms with van der Waals surface area (Å²) < 4.78 is 0. The Bertz CT molecular complexity index is 283. The molecule has 0 saturated carbocycles. The Hall–Kier alpha value is -1.12. The molecule has 1 fully saturated rings. The molecule has 2 unspecified atom stereocenters. The second kappa shape index (κ2) is 4.60. The molecule has 1 aliphatic rings. The van der Waals surface area contributed by atoms with Crippen LogP contribution in [0.4, 0.5) is 0 Å². The number of aliphatic carboxylic acids is 1. The Morgan fingerprint density at radius 2 is 2.40 bits per heavy atom. The van der Waals surface area contributed by atoms with Gasteiger partial charge in [-0.25, -0.2) is 4.79 Å². The zero-order valence-corrected chi connectivity index (χ0v) is 8.81. The highest BCUT2D eigenvalue weighted by Gasteiger charge is 2.33. The molecule has 1 rings (SSSR count). The van der Waals surface area contributed by atoms with E-state index < -0.39 is 11.6 Å². The van der Waals surface area contributed by atoms with Crippen LogP contribution >= 0.6 is 0 Å². The van der Waals surface area contributed by atoms with E-state index in [0.29, 0.717) is 6.54 Å². The average Bonchev–Trinajstić information content (AvgIpc) is 2.17. The molecule has 1 aliphatic heterocycles. The molecule has 15 heavy (non-hydrogen) atoms. The summed E-state index contributed by atoms with van der Waals surface area (Å²) in [7, 11) is 0. The van der Waals surface area contributed by atoms with E-state index in [1.54, 1.807) is 0 Å². The van der Waals surface area contributed by atoms with Crippen molar-refractivity contribution < 1.29 is 15.0 Å². The van der Waals surface area contributed by atoms with Gasteiger partial charge in [0.05, 0.1) is 12.0 Å². The second-order valence-corrected chi connectivity index (χ2v) is 4.28. The van der Waals surface area contributed by atoms with Gasteiger partial charge in [-0.1, -0.05) is 0 Å². The Morgan fingerprint density at radius 1 is 1.73 bits per heavy atom. The first-order valence-electron chi connectivity index (χ1n) is 5.03. The fraction of sp³-hybridized carbons (Fsp3) is 0.800. The second-order valence-electron chi connectivity index (χ2n) is 4.28. The molecule has 5 nitrogen and oxygen atoms in total. The molecule has 0 amide bonds. The number of carboxylic acids is 1. The van der Waals surface area contributed by atoms with Crippen molar-refractivity contribution in [2.45, 2.75) is 25.4 Å². The molecule has 0 bridgehead atoms. The molecule has 2 N–H and O–H groups in total. The smallest absolute Gasteiger partial charge is 0.336 e. The number of carbonyl (C=O) groups is 1. The topological polar surface area (TPSA) is 84.6 Å². The summed E-state index contributed by atoms with van der Waals surface area (Å²) in [6, 6.07) is 2.18. The van der Waals surface area contributed by atoms with E-state index >= 15 is 0 Å². The summed E-state index contributed by atoms with van der Waals surface area (Å²) in [4.78, 5) is 12.5. The first-order chi connectivity index (χ1) is 6.95. The fourth-order valence-electron chi connectivity index (χ4n) is 1.81. The Labute approximate surface area is 88.9 Å². The number of aliphatic hydroxyl groups is 1. The third-order valence-electron chi connectivity index (χ3n) is 2.68. The lowest BCUT2D eigenvalue weighted by Crippen LogP contribution is -2.49. The van der Waals surface area contributed by atoms with Gasteiger partial charge in [0.2, 0.25) is 0 Å². The van der Waals surface area contributed by atoms with Gasteiger partial charge in [-0.2, -0.15) is 5.26 Å². The van der Waals surface area contributed by atoms with Gasteiger partial charge in [0.15, 0.2) is 5.60 Å². The predicted molar refractivity (Wildman–Crippen MR) is 53.0 cm³/mol.